The van der Waals surface area contributed by atoms with Gasteiger partial charge >= 0.3 is 0 Å². The summed E-state index contributed by atoms with van der Waals surface area (Å²) in [6.45, 7) is 4.81. The Labute approximate surface area is 89.1 Å². The molecule has 0 aromatic carbocycles. The highest BCUT2D eigenvalue weighted by atomic mass is 15.1. The third-order valence-corrected chi connectivity index (χ3v) is 3.39. The highest BCUT2D eigenvalue weighted by Gasteiger charge is 2.34. The van der Waals surface area contributed by atoms with Gasteiger partial charge < -0.3 is 10.2 Å². The van der Waals surface area contributed by atoms with Gasteiger partial charge in [-0.25, -0.2) is 0 Å². The molecule has 0 saturated heterocycles. The molecule has 0 spiro atoms. The Bertz CT molecular complexity index is 160. The average molecular weight is 198 g/mol. The fraction of sp³-hybridized carbons (Fsp3) is 1.00. The van der Waals surface area contributed by atoms with Gasteiger partial charge in [0.15, 0.2) is 0 Å². The van der Waals surface area contributed by atoms with Crippen LogP contribution in [0.25, 0.3) is 0 Å². The zero-order chi connectivity index (χ0) is 10.6. The molecular formula is C12H26N2. The first kappa shape index (κ1) is 12.0. The number of nitrogens with zero attached hydrogens (tertiary/aromatic N) is 1. The van der Waals surface area contributed by atoms with Crippen LogP contribution >= 0.6 is 0 Å². The zero-order valence-electron chi connectivity index (χ0n) is 10.3. The summed E-state index contributed by atoms with van der Waals surface area (Å²) in [6, 6.07) is 0. The minimum absolute atomic E-state index is 0.538. The van der Waals surface area contributed by atoms with Crippen molar-refractivity contribution in [3.8, 4) is 0 Å². The van der Waals surface area contributed by atoms with Gasteiger partial charge in [-0.1, -0.05) is 19.8 Å². The molecule has 1 rings (SSSR count). The van der Waals surface area contributed by atoms with E-state index in [0.29, 0.717) is 5.41 Å². The van der Waals surface area contributed by atoms with Gasteiger partial charge in [0.25, 0.3) is 0 Å². The molecule has 0 aliphatic heterocycles. The highest BCUT2D eigenvalue weighted by Crippen LogP contribution is 2.39. The summed E-state index contributed by atoms with van der Waals surface area (Å²) in [5.41, 5.74) is 0.538. The molecule has 0 amide bonds. The molecule has 1 aliphatic rings. The third-order valence-electron chi connectivity index (χ3n) is 3.39. The van der Waals surface area contributed by atoms with Crippen LogP contribution in [0.1, 0.15) is 32.6 Å². The Morgan fingerprint density at radius 1 is 1.43 bits per heavy atom. The quantitative estimate of drug-likeness (QED) is 0.743. The van der Waals surface area contributed by atoms with Crippen molar-refractivity contribution in [3.63, 3.8) is 0 Å². The van der Waals surface area contributed by atoms with E-state index in [2.05, 4.69) is 38.3 Å². The van der Waals surface area contributed by atoms with Gasteiger partial charge in [-0.3, -0.25) is 0 Å². The van der Waals surface area contributed by atoms with Crippen LogP contribution in [0.4, 0.5) is 0 Å². The molecule has 2 unspecified atom stereocenters. The smallest absolute Gasteiger partial charge is 0.00441 e. The minimum Gasteiger partial charge on any atom is -0.319 e. The monoisotopic (exact) mass is 198 g/mol. The Kier molecular flexibility index (Phi) is 4.39. The van der Waals surface area contributed by atoms with Crippen LogP contribution in [-0.4, -0.2) is 39.1 Å². The maximum atomic E-state index is 3.38. The van der Waals surface area contributed by atoms with E-state index in [1.165, 1.54) is 38.8 Å². The molecule has 0 heterocycles. The van der Waals surface area contributed by atoms with Crippen molar-refractivity contribution in [2.24, 2.45) is 11.3 Å². The molecule has 0 bridgehead atoms. The van der Waals surface area contributed by atoms with Gasteiger partial charge in [0.05, 0.1) is 0 Å². The molecule has 84 valence electrons. The summed E-state index contributed by atoms with van der Waals surface area (Å²) in [5, 5.41) is 3.38. The summed E-state index contributed by atoms with van der Waals surface area (Å²) in [7, 11) is 6.46. The van der Waals surface area contributed by atoms with Crippen molar-refractivity contribution >= 4 is 0 Å². The molecule has 1 saturated carbocycles. The van der Waals surface area contributed by atoms with Crippen molar-refractivity contribution in [3.05, 3.63) is 0 Å². The van der Waals surface area contributed by atoms with E-state index in [1.54, 1.807) is 0 Å². The first-order valence-electron chi connectivity index (χ1n) is 5.87. The Morgan fingerprint density at radius 2 is 2.14 bits per heavy atom. The number of hydrogen-bond acceptors (Lipinski definition) is 2. The number of hydrogen-bond donors (Lipinski definition) is 1. The van der Waals surface area contributed by atoms with Gasteiger partial charge in [-0.05, 0) is 45.3 Å². The van der Waals surface area contributed by atoms with Crippen molar-refractivity contribution in [2.75, 3.05) is 34.2 Å². The predicted octanol–water partition coefficient (Wildman–Crippen LogP) is 1.96. The second kappa shape index (κ2) is 5.13. The van der Waals surface area contributed by atoms with Crippen LogP contribution in [0.5, 0.6) is 0 Å². The van der Waals surface area contributed by atoms with E-state index in [1.807, 2.05) is 0 Å². The van der Waals surface area contributed by atoms with E-state index in [4.69, 9.17) is 0 Å². The van der Waals surface area contributed by atoms with Gasteiger partial charge in [0.2, 0.25) is 0 Å². The summed E-state index contributed by atoms with van der Waals surface area (Å²) in [4.78, 5) is 2.34. The summed E-state index contributed by atoms with van der Waals surface area (Å²) in [6.07, 6.45) is 5.64. The van der Waals surface area contributed by atoms with Gasteiger partial charge in [0, 0.05) is 13.1 Å². The molecule has 14 heavy (non-hydrogen) atoms. The SMILES string of the molecule is CNCC1(CN(C)C)CCCC(C)C1. The first-order chi connectivity index (χ1) is 6.58. The third kappa shape index (κ3) is 3.25. The van der Waals surface area contributed by atoms with Crippen LogP contribution in [-0.2, 0) is 0 Å². The normalized spacial score (nSPS) is 33.6. The summed E-state index contributed by atoms with van der Waals surface area (Å²) < 4.78 is 0. The topological polar surface area (TPSA) is 15.3 Å². The molecule has 2 heteroatoms. The largest absolute Gasteiger partial charge is 0.319 e. The van der Waals surface area contributed by atoms with Crippen molar-refractivity contribution in [2.45, 2.75) is 32.6 Å². The summed E-state index contributed by atoms with van der Waals surface area (Å²) in [5.74, 6) is 0.914. The molecule has 1 fully saturated rings. The maximum Gasteiger partial charge on any atom is 0.00441 e. The molecule has 0 aromatic heterocycles. The Balaban J connectivity index is 2.59. The number of rotatable bonds is 4. The summed E-state index contributed by atoms with van der Waals surface area (Å²) >= 11 is 0. The van der Waals surface area contributed by atoms with Crippen molar-refractivity contribution < 1.29 is 0 Å². The molecule has 1 N–H and O–H groups in total. The van der Waals surface area contributed by atoms with Crippen LogP contribution in [0.3, 0.4) is 0 Å². The lowest BCUT2D eigenvalue weighted by Crippen LogP contribution is -2.44. The van der Waals surface area contributed by atoms with Gasteiger partial charge in [-0.2, -0.15) is 0 Å². The lowest BCUT2D eigenvalue weighted by Gasteiger charge is -2.42. The lowest BCUT2D eigenvalue weighted by molar-refractivity contribution is 0.104. The standard InChI is InChI=1S/C12H26N2/c1-11-6-5-7-12(8-11,9-13-2)10-14(3)4/h11,13H,5-10H2,1-4H3. The van der Waals surface area contributed by atoms with Crippen LogP contribution in [0, 0.1) is 11.3 Å². The maximum absolute atomic E-state index is 3.38. The van der Waals surface area contributed by atoms with E-state index < -0.39 is 0 Å². The van der Waals surface area contributed by atoms with E-state index >= 15 is 0 Å². The fourth-order valence-corrected chi connectivity index (χ4v) is 3.17. The average Bonchev–Trinajstić information content (AvgIpc) is 2.02. The molecule has 0 radical (unpaired) electrons. The molecule has 0 aromatic rings. The first-order valence-corrected chi connectivity index (χ1v) is 5.87. The lowest BCUT2D eigenvalue weighted by atomic mass is 9.69. The zero-order valence-corrected chi connectivity index (χ0v) is 10.3. The van der Waals surface area contributed by atoms with Gasteiger partial charge in [0.1, 0.15) is 0 Å². The van der Waals surface area contributed by atoms with E-state index in [-0.39, 0.29) is 0 Å². The van der Waals surface area contributed by atoms with Gasteiger partial charge in [-0.15, -0.1) is 0 Å². The van der Waals surface area contributed by atoms with Crippen molar-refractivity contribution in [1.82, 2.24) is 10.2 Å². The fourth-order valence-electron chi connectivity index (χ4n) is 3.17. The Hall–Kier alpha value is -0.0800. The van der Waals surface area contributed by atoms with Crippen LogP contribution < -0.4 is 5.32 Å². The molecule has 2 atom stereocenters. The minimum atomic E-state index is 0.538. The highest BCUT2D eigenvalue weighted by molar-refractivity contribution is 4.88. The number of nitrogens with one attached hydrogen (secondary N) is 1. The molecule has 2 nitrogen and oxygen atoms in total. The van der Waals surface area contributed by atoms with Crippen molar-refractivity contribution in [1.29, 1.82) is 0 Å². The second-order valence-electron chi connectivity index (χ2n) is 5.47. The second-order valence-corrected chi connectivity index (χ2v) is 5.47. The van der Waals surface area contributed by atoms with Crippen LogP contribution in [0.2, 0.25) is 0 Å². The van der Waals surface area contributed by atoms with E-state index in [9.17, 15) is 0 Å². The molecule has 1 aliphatic carbocycles. The Morgan fingerprint density at radius 3 is 2.64 bits per heavy atom. The van der Waals surface area contributed by atoms with E-state index in [0.717, 1.165) is 5.92 Å². The predicted molar refractivity (Wildman–Crippen MR) is 62.5 cm³/mol. The van der Waals surface area contributed by atoms with Crippen LogP contribution in [0.15, 0.2) is 0 Å². The molecular weight excluding hydrogens is 172 g/mol.